The number of esters is 2. The molecule has 0 radical (unpaired) electrons. The Kier molecular flexibility index (Phi) is 11.1. The Balaban J connectivity index is 1.96. The largest absolute Gasteiger partial charge is 0.458 e. The Labute approximate surface area is 224 Å². The van der Waals surface area contributed by atoms with Gasteiger partial charge in [-0.2, -0.15) is 0 Å². The maximum Gasteiger partial charge on any atom is 0.408 e. The van der Waals surface area contributed by atoms with Crippen molar-refractivity contribution < 1.29 is 42.9 Å². The van der Waals surface area contributed by atoms with Crippen molar-refractivity contribution in [3.05, 3.63) is 35.9 Å². The van der Waals surface area contributed by atoms with Crippen molar-refractivity contribution in [3.8, 4) is 0 Å². The topological polar surface area (TPSA) is 130 Å². The average Bonchev–Trinajstić information content (AvgIpc) is 3.21. The molecule has 2 amide bonds. The second-order valence-corrected chi connectivity index (χ2v) is 11.0. The Morgan fingerprint density at radius 1 is 0.868 bits per heavy atom. The first kappa shape index (κ1) is 31.0. The normalized spacial score (nSPS) is 18.4. The molecule has 2 rings (SSSR count). The van der Waals surface area contributed by atoms with Crippen molar-refractivity contribution in [2.24, 2.45) is 0 Å². The van der Waals surface area contributed by atoms with E-state index in [1.807, 2.05) is 30.3 Å². The third kappa shape index (κ3) is 11.5. The number of rotatable bonds is 10. The van der Waals surface area contributed by atoms with Crippen molar-refractivity contribution in [2.75, 3.05) is 26.3 Å². The number of carbonyl (C=O) groups is 4. The van der Waals surface area contributed by atoms with Crippen LogP contribution in [-0.2, 0) is 44.7 Å². The lowest BCUT2D eigenvalue weighted by atomic mass is 10.2. The van der Waals surface area contributed by atoms with Gasteiger partial charge >= 0.3 is 18.0 Å². The van der Waals surface area contributed by atoms with Crippen LogP contribution in [0.25, 0.3) is 0 Å². The summed E-state index contributed by atoms with van der Waals surface area (Å²) in [6.07, 6.45) is -2.14. The summed E-state index contributed by atoms with van der Waals surface area (Å²) < 4.78 is 27.2. The minimum atomic E-state index is -0.894. The number of nitrogens with zero attached hydrogens (tertiary/aromatic N) is 1. The van der Waals surface area contributed by atoms with E-state index in [0.717, 1.165) is 5.56 Å². The average molecular weight is 537 g/mol. The first-order valence-electron chi connectivity index (χ1n) is 12.6. The molecule has 1 unspecified atom stereocenters. The summed E-state index contributed by atoms with van der Waals surface area (Å²) in [4.78, 5) is 51.0. The molecule has 11 nitrogen and oxygen atoms in total. The molecule has 38 heavy (non-hydrogen) atoms. The maximum atomic E-state index is 13.1. The lowest BCUT2D eigenvalue weighted by molar-refractivity contribution is -0.169. The van der Waals surface area contributed by atoms with Crippen LogP contribution in [-0.4, -0.2) is 84.6 Å². The zero-order chi connectivity index (χ0) is 28.5. The Morgan fingerprint density at radius 2 is 1.34 bits per heavy atom. The molecule has 0 aromatic heterocycles. The van der Waals surface area contributed by atoms with Gasteiger partial charge in [-0.25, -0.2) is 14.4 Å². The number of likely N-dealkylation sites (tertiary alicyclic amines) is 1. The maximum absolute atomic E-state index is 13.1. The summed E-state index contributed by atoms with van der Waals surface area (Å²) in [7, 11) is 0. The van der Waals surface area contributed by atoms with Gasteiger partial charge in [-0.15, -0.1) is 0 Å². The van der Waals surface area contributed by atoms with Gasteiger partial charge < -0.3 is 33.9 Å². The summed E-state index contributed by atoms with van der Waals surface area (Å²) in [5, 5.41) is 2.53. The minimum absolute atomic E-state index is 0.0679. The van der Waals surface area contributed by atoms with E-state index in [1.54, 1.807) is 41.5 Å². The Hall–Kier alpha value is -3.18. The van der Waals surface area contributed by atoms with Crippen LogP contribution in [0, 0.1) is 0 Å². The predicted molar refractivity (Wildman–Crippen MR) is 137 cm³/mol. The highest BCUT2D eigenvalue weighted by molar-refractivity contribution is 5.85. The Bertz CT molecular complexity index is 914. The van der Waals surface area contributed by atoms with Crippen molar-refractivity contribution in [1.29, 1.82) is 0 Å². The number of carbonyl (C=O) groups excluding carboxylic acids is 4. The second kappa shape index (κ2) is 13.6. The van der Waals surface area contributed by atoms with Gasteiger partial charge in [-0.05, 0) is 54.0 Å². The van der Waals surface area contributed by atoms with Gasteiger partial charge in [-0.1, -0.05) is 30.3 Å². The van der Waals surface area contributed by atoms with Gasteiger partial charge in [0.05, 0.1) is 0 Å². The molecule has 1 aromatic rings. The van der Waals surface area contributed by atoms with Gasteiger partial charge in [0.15, 0.2) is 0 Å². The molecule has 1 aromatic carbocycles. The number of benzene rings is 1. The number of alkyl carbamates (subject to hydrolysis) is 1. The van der Waals surface area contributed by atoms with Crippen LogP contribution in [0.4, 0.5) is 4.79 Å². The third-order valence-electron chi connectivity index (χ3n) is 5.12. The van der Waals surface area contributed by atoms with E-state index in [2.05, 4.69) is 5.32 Å². The summed E-state index contributed by atoms with van der Waals surface area (Å²) >= 11 is 0. The molecule has 3 atom stereocenters. The van der Waals surface area contributed by atoms with Crippen LogP contribution >= 0.6 is 0 Å². The molecule has 1 aliphatic heterocycles. The molecular weight excluding hydrogens is 496 g/mol. The monoisotopic (exact) mass is 536 g/mol. The number of hydrogen-bond donors (Lipinski definition) is 1. The SMILES string of the molecule is CC(NC(=O)OCc1ccccc1)C(=O)N1C[C@H](OCC(=O)OC(C)(C)C)[C@H](OCC(=O)OC(C)(C)C)C1. The fourth-order valence-corrected chi connectivity index (χ4v) is 3.61. The number of amides is 2. The van der Waals surface area contributed by atoms with Crippen molar-refractivity contribution >= 4 is 23.9 Å². The molecule has 11 heteroatoms. The van der Waals surface area contributed by atoms with E-state index in [-0.39, 0.29) is 32.9 Å². The van der Waals surface area contributed by atoms with Gasteiger partial charge in [0.25, 0.3) is 0 Å². The minimum Gasteiger partial charge on any atom is -0.458 e. The molecule has 0 aliphatic carbocycles. The van der Waals surface area contributed by atoms with Gasteiger partial charge in [0.1, 0.15) is 49.3 Å². The van der Waals surface area contributed by atoms with Gasteiger partial charge in [-0.3, -0.25) is 4.79 Å². The first-order valence-corrected chi connectivity index (χ1v) is 12.6. The Morgan fingerprint density at radius 3 is 1.79 bits per heavy atom. The molecule has 0 spiro atoms. The molecule has 1 fully saturated rings. The summed E-state index contributed by atoms with van der Waals surface area (Å²) in [6.45, 7) is 11.5. The first-order chi connectivity index (χ1) is 17.6. The highest BCUT2D eigenvalue weighted by Gasteiger charge is 2.39. The lowest BCUT2D eigenvalue weighted by Gasteiger charge is -2.23. The van der Waals surface area contributed by atoms with Crippen LogP contribution in [0.1, 0.15) is 54.0 Å². The number of nitrogens with one attached hydrogen (secondary N) is 1. The molecule has 1 N–H and O–H groups in total. The smallest absolute Gasteiger partial charge is 0.408 e. The van der Waals surface area contributed by atoms with E-state index >= 15 is 0 Å². The highest BCUT2D eigenvalue weighted by Crippen LogP contribution is 2.19. The van der Waals surface area contributed by atoms with Crippen LogP contribution in [0.15, 0.2) is 30.3 Å². The van der Waals surface area contributed by atoms with E-state index in [9.17, 15) is 19.2 Å². The molecule has 1 saturated heterocycles. The molecule has 1 heterocycles. The van der Waals surface area contributed by atoms with E-state index in [0.29, 0.717) is 0 Å². The summed E-state index contributed by atoms with van der Waals surface area (Å²) in [6, 6.07) is 8.27. The van der Waals surface area contributed by atoms with Crippen molar-refractivity contribution in [2.45, 2.75) is 84.5 Å². The molecule has 1 aliphatic rings. The van der Waals surface area contributed by atoms with Crippen LogP contribution in [0.3, 0.4) is 0 Å². The van der Waals surface area contributed by atoms with E-state index in [1.165, 1.54) is 11.8 Å². The highest BCUT2D eigenvalue weighted by atomic mass is 16.6. The predicted octanol–water partition coefficient (Wildman–Crippen LogP) is 2.60. The molecule has 0 saturated carbocycles. The van der Waals surface area contributed by atoms with Crippen LogP contribution < -0.4 is 5.32 Å². The lowest BCUT2D eigenvalue weighted by Crippen LogP contribution is -2.46. The fraction of sp³-hybridized carbons (Fsp3) is 0.630. The number of ether oxygens (including phenoxy) is 5. The standard InChI is InChI=1S/C27H40N2O9/c1-18(28-25(33)36-15-19-11-9-8-10-12-19)24(32)29-13-20(34-16-22(30)37-26(2,3)4)21(14-29)35-17-23(31)38-27(5,6)7/h8-12,18,20-21H,13-17H2,1-7H3,(H,28,33)/t18?,20-,21+. The molecule has 0 bridgehead atoms. The van der Waals surface area contributed by atoms with Gasteiger partial charge in [0.2, 0.25) is 5.91 Å². The van der Waals surface area contributed by atoms with E-state index < -0.39 is 53.4 Å². The molecule has 212 valence electrons. The zero-order valence-corrected chi connectivity index (χ0v) is 23.3. The summed E-state index contributed by atoms with van der Waals surface area (Å²) in [5.41, 5.74) is -0.543. The van der Waals surface area contributed by atoms with Crippen molar-refractivity contribution in [3.63, 3.8) is 0 Å². The third-order valence-corrected chi connectivity index (χ3v) is 5.12. The van der Waals surface area contributed by atoms with Crippen LogP contribution in [0.2, 0.25) is 0 Å². The van der Waals surface area contributed by atoms with Gasteiger partial charge in [0, 0.05) is 13.1 Å². The molecular formula is C27H40N2O9. The van der Waals surface area contributed by atoms with Crippen LogP contribution in [0.5, 0.6) is 0 Å². The van der Waals surface area contributed by atoms with Crippen molar-refractivity contribution in [1.82, 2.24) is 10.2 Å². The summed E-state index contributed by atoms with van der Waals surface area (Å²) in [5.74, 6) is -1.52. The fourth-order valence-electron chi connectivity index (χ4n) is 3.61. The quantitative estimate of drug-likeness (QED) is 0.354. The second-order valence-electron chi connectivity index (χ2n) is 11.0. The number of hydrogen-bond acceptors (Lipinski definition) is 9. The zero-order valence-electron chi connectivity index (χ0n) is 23.3. The van der Waals surface area contributed by atoms with E-state index in [4.69, 9.17) is 23.7 Å².